The molecule has 72 valence electrons. The van der Waals surface area contributed by atoms with E-state index >= 15 is 0 Å². The van der Waals surface area contributed by atoms with Crippen LogP contribution >= 0.6 is 11.3 Å². The van der Waals surface area contributed by atoms with Gasteiger partial charge in [-0.2, -0.15) is 0 Å². The Morgan fingerprint density at radius 2 is 2.23 bits per heavy atom. The molecule has 2 nitrogen and oxygen atoms in total. The number of hydrogen-bond acceptors (Lipinski definition) is 3. The van der Waals surface area contributed by atoms with Crippen molar-refractivity contribution in [1.82, 2.24) is 0 Å². The molecule has 1 aromatic rings. The van der Waals surface area contributed by atoms with Crippen LogP contribution in [0.25, 0.3) is 0 Å². The van der Waals surface area contributed by atoms with Gasteiger partial charge >= 0.3 is 0 Å². The maximum atomic E-state index is 5.57. The molecule has 0 atom stereocenters. The molecular formula is C10H15NOS. The highest BCUT2D eigenvalue weighted by atomic mass is 32.1. The normalized spacial score (nSPS) is 19.2. The molecule has 3 heteroatoms. The van der Waals surface area contributed by atoms with Gasteiger partial charge in [-0.1, -0.05) is 0 Å². The summed E-state index contributed by atoms with van der Waals surface area (Å²) < 4.78 is 5.33. The lowest BCUT2D eigenvalue weighted by molar-refractivity contribution is 0.0860. The smallest absolute Gasteiger partial charge is 0.0472 e. The quantitative estimate of drug-likeness (QED) is 0.788. The molecule has 1 aliphatic heterocycles. The highest BCUT2D eigenvalue weighted by molar-refractivity contribution is 7.10. The molecule has 2 N–H and O–H groups in total. The number of thiophene rings is 1. The average Bonchev–Trinajstić information content (AvgIpc) is 2.67. The molecule has 1 fully saturated rings. The second kappa shape index (κ2) is 4.22. The molecule has 0 aromatic carbocycles. The van der Waals surface area contributed by atoms with Gasteiger partial charge in [-0.25, -0.2) is 0 Å². The van der Waals surface area contributed by atoms with Crippen molar-refractivity contribution in [1.29, 1.82) is 0 Å². The van der Waals surface area contributed by atoms with Gasteiger partial charge < -0.3 is 10.5 Å². The SMILES string of the molecule is NCc1csc(C2CCOCC2)c1. The Morgan fingerprint density at radius 3 is 2.85 bits per heavy atom. The van der Waals surface area contributed by atoms with E-state index in [1.807, 2.05) is 11.3 Å². The number of nitrogens with two attached hydrogens (primary N) is 1. The minimum atomic E-state index is 0.666. The van der Waals surface area contributed by atoms with Crippen LogP contribution in [0.3, 0.4) is 0 Å². The lowest BCUT2D eigenvalue weighted by atomic mass is 9.98. The Labute approximate surface area is 82.7 Å². The first-order valence-corrected chi connectivity index (χ1v) is 5.63. The van der Waals surface area contributed by atoms with E-state index in [1.54, 1.807) is 0 Å². The zero-order valence-corrected chi connectivity index (χ0v) is 8.48. The summed E-state index contributed by atoms with van der Waals surface area (Å²) in [4.78, 5) is 1.49. The average molecular weight is 197 g/mol. The second-order valence-electron chi connectivity index (χ2n) is 3.45. The third-order valence-electron chi connectivity index (χ3n) is 2.53. The van der Waals surface area contributed by atoms with Crippen LogP contribution in [0.15, 0.2) is 11.4 Å². The molecule has 0 saturated carbocycles. The summed E-state index contributed by atoms with van der Waals surface area (Å²) in [7, 11) is 0. The molecule has 0 amide bonds. The van der Waals surface area contributed by atoms with Crippen molar-refractivity contribution in [3.05, 3.63) is 21.9 Å². The van der Waals surface area contributed by atoms with E-state index in [9.17, 15) is 0 Å². The third-order valence-corrected chi connectivity index (χ3v) is 3.68. The van der Waals surface area contributed by atoms with Crippen LogP contribution in [-0.4, -0.2) is 13.2 Å². The maximum Gasteiger partial charge on any atom is 0.0472 e. The van der Waals surface area contributed by atoms with Crippen LogP contribution in [0, 0.1) is 0 Å². The van der Waals surface area contributed by atoms with E-state index in [2.05, 4.69) is 11.4 Å². The van der Waals surface area contributed by atoms with E-state index in [-0.39, 0.29) is 0 Å². The molecule has 0 radical (unpaired) electrons. The Balaban J connectivity index is 2.05. The van der Waals surface area contributed by atoms with E-state index in [0.29, 0.717) is 6.54 Å². The van der Waals surface area contributed by atoms with E-state index in [4.69, 9.17) is 10.5 Å². The molecule has 2 heterocycles. The molecule has 2 rings (SSSR count). The molecule has 13 heavy (non-hydrogen) atoms. The van der Waals surface area contributed by atoms with E-state index < -0.39 is 0 Å². The lowest BCUT2D eigenvalue weighted by Gasteiger charge is -2.20. The second-order valence-corrected chi connectivity index (χ2v) is 4.39. The van der Waals surface area contributed by atoms with Crippen molar-refractivity contribution in [2.45, 2.75) is 25.3 Å². The van der Waals surface area contributed by atoms with Crippen molar-refractivity contribution in [2.24, 2.45) is 5.73 Å². The minimum absolute atomic E-state index is 0.666. The minimum Gasteiger partial charge on any atom is -0.381 e. The van der Waals surface area contributed by atoms with Crippen LogP contribution in [0.1, 0.15) is 29.2 Å². The highest BCUT2D eigenvalue weighted by Crippen LogP contribution is 2.31. The van der Waals surface area contributed by atoms with E-state index in [1.165, 1.54) is 23.3 Å². The Morgan fingerprint density at radius 1 is 1.46 bits per heavy atom. The first-order valence-electron chi connectivity index (χ1n) is 4.75. The molecule has 1 aliphatic rings. The fraction of sp³-hybridized carbons (Fsp3) is 0.600. The maximum absolute atomic E-state index is 5.57. The van der Waals surface area contributed by atoms with Gasteiger partial charge in [0.2, 0.25) is 0 Å². The highest BCUT2D eigenvalue weighted by Gasteiger charge is 2.17. The fourth-order valence-electron chi connectivity index (χ4n) is 1.70. The van der Waals surface area contributed by atoms with Gasteiger partial charge in [0.25, 0.3) is 0 Å². The van der Waals surface area contributed by atoms with Gasteiger partial charge in [0.15, 0.2) is 0 Å². The van der Waals surface area contributed by atoms with Crippen LogP contribution in [0.2, 0.25) is 0 Å². The van der Waals surface area contributed by atoms with E-state index in [0.717, 1.165) is 19.1 Å². The van der Waals surface area contributed by atoms with Gasteiger partial charge in [0.05, 0.1) is 0 Å². The summed E-state index contributed by atoms with van der Waals surface area (Å²) in [5.74, 6) is 0.721. The van der Waals surface area contributed by atoms with Crippen molar-refractivity contribution >= 4 is 11.3 Å². The zero-order valence-electron chi connectivity index (χ0n) is 7.66. The molecule has 0 spiro atoms. The lowest BCUT2D eigenvalue weighted by Crippen LogP contribution is -2.13. The predicted octanol–water partition coefficient (Wildman–Crippen LogP) is 2.10. The summed E-state index contributed by atoms with van der Waals surface area (Å²) in [6, 6.07) is 2.25. The number of hydrogen-bond donors (Lipinski definition) is 1. The van der Waals surface area contributed by atoms with Gasteiger partial charge in [-0.15, -0.1) is 11.3 Å². The predicted molar refractivity (Wildman–Crippen MR) is 55.0 cm³/mol. The summed E-state index contributed by atoms with van der Waals surface area (Å²) in [5.41, 5.74) is 6.84. The summed E-state index contributed by atoms with van der Waals surface area (Å²) in [6.45, 7) is 2.50. The van der Waals surface area contributed by atoms with Crippen LogP contribution in [0.4, 0.5) is 0 Å². The molecule has 1 aromatic heterocycles. The van der Waals surface area contributed by atoms with Crippen LogP contribution in [0.5, 0.6) is 0 Å². The fourth-order valence-corrected chi connectivity index (χ4v) is 2.80. The van der Waals surface area contributed by atoms with Crippen molar-refractivity contribution < 1.29 is 4.74 Å². The van der Waals surface area contributed by atoms with Gasteiger partial charge in [0.1, 0.15) is 0 Å². The molecule has 0 unspecified atom stereocenters. The summed E-state index contributed by atoms with van der Waals surface area (Å²) in [6.07, 6.45) is 2.34. The van der Waals surface area contributed by atoms with Crippen LogP contribution < -0.4 is 5.73 Å². The molecular weight excluding hydrogens is 182 g/mol. The molecule has 0 aliphatic carbocycles. The number of rotatable bonds is 2. The standard InChI is InChI=1S/C10H15NOS/c11-6-8-5-10(13-7-8)9-1-3-12-4-2-9/h5,7,9H,1-4,6,11H2. The van der Waals surface area contributed by atoms with Gasteiger partial charge in [-0.3, -0.25) is 0 Å². The topological polar surface area (TPSA) is 35.2 Å². The monoisotopic (exact) mass is 197 g/mol. The Kier molecular flexibility index (Phi) is 2.98. The largest absolute Gasteiger partial charge is 0.381 e. The van der Waals surface area contributed by atoms with Gasteiger partial charge in [0, 0.05) is 24.6 Å². The molecule has 1 saturated heterocycles. The van der Waals surface area contributed by atoms with Crippen molar-refractivity contribution in [2.75, 3.05) is 13.2 Å². The Hall–Kier alpha value is -0.380. The first-order chi connectivity index (χ1) is 6.40. The zero-order chi connectivity index (χ0) is 9.10. The third kappa shape index (κ3) is 2.10. The number of ether oxygens (including phenoxy) is 1. The summed E-state index contributed by atoms with van der Waals surface area (Å²) in [5, 5.41) is 2.17. The van der Waals surface area contributed by atoms with Crippen molar-refractivity contribution in [3.8, 4) is 0 Å². The van der Waals surface area contributed by atoms with Crippen molar-refractivity contribution in [3.63, 3.8) is 0 Å². The summed E-state index contributed by atoms with van der Waals surface area (Å²) >= 11 is 1.85. The van der Waals surface area contributed by atoms with Crippen LogP contribution in [-0.2, 0) is 11.3 Å². The first kappa shape index (κ1) is 9.19. The Bertz CT molecular complexity index is 266. The molecule has 0 bridgehead atoms. The van der Waals surface area contributed by atoms with Gasteiger partial charge in [-0.05, 0) is 35.8 Å².